The van der Waals surface area contributed by atoms with E-state index in [1.165, 1.54) is 12.1 Å². The summed E-state index contributed by atoms with van der Waals surface area (Å²) in [7, 11) is 0. The second-order valence-electron chi connectivity index (χ2n) is 6.91. The maximum absolute atomic E-state index is 12.1. The van der Waals surface area contributed by atoms with Crippen LogP contribution >= 0.6 is 0 Å². The summed E-state index contributed by atoms with van der Waals surface area (Å²) in [5, 5.41) is 20.6. The zero-order valence-electron chi connectivity index (χ0n) is 18.0. The van der Waals surface area contributed by atoms with Crippen LogP contribution in [-0.4, -0.2) is 31.1 Å². The third kappa shape index (κ3) is 4.85. The van der Waals surface area contributed by atoms with Gasteiger partial charge in [0.25, 0.3) is 0 Å². The Morgan fingerprint density at radius 3 is 1.79 bits per heavy atom. The molecule has 0 amide bonds. The molecule has 0 radical (unpaired) electrons. The second kappa shape index (κ2) is 9.99. The summed E-state index contributed by atoms with van der Waals surface area (Å²) in [6.07, 6.45) is 2.24. The fourth-order valence-electron chi connectivity index (χ4n) is 3.05. The molecule has 0 bridgehead atoms. The molecule has 3 aromatic carbocycles. The lowest BCUT2D eigenvalue weighted by Crippen LogP contribution is -2.02. The summed E-state index contributed by atoms with van der Waals surface area (Å²) in [4.78, 5) is 25.6. The third-order valence-electron chi connectivity index (χ3n) is 4.69. The first-order valence-corrected chi connectivity index (χ1v) is 10.1. The van der Waals surface area contributed by atoms with E-state index in [1.54, 1.807) is 67.6 Å². The lowest BCUT2D eigenvalue weighted by atomic mass is 10.1. The Morgan fingerprint density at radius 1 is 0.735 bits per heavy atom. The molecule has 0 atom stereocenters. The highest BCUT2D eigenvalue weighted by Gasteiger charge is 2.16. The molecule has 2 N–H and O–H groups in total. The van der Waals surface area contributed by atoms with Crippen molar-refractivity contribution in [3.63, 3.8) is 0 Å². The molecule has 0 aliphatic carbocycles. The van der Waals surface area contributed by atoms with Crippen LogP contribution in [0.1, 0.15) is 17.3 Å². The SMILES string of the molecule is CC#CC#COC(=O)c1ccc(-c2nc(-c3ccccc3O)nc(-c3ccccc3O)n2)cc1. The minimum absolute atomic E-state index is 0.00912. The summed E-state index contributed by atoms with van der Waals surface area (Å²) in [5.74, 6) is 7.64. The van der Waals surface area contributed by atoms with Crippen LogP contribution in [0.3, 0.4) is 0 Å². The van der Waals surface area contributed by atoms with Crippen molar-refractivity contribution in [2.24, 2.45) is 0 Å². The van der Waals surface area contributed by atoms with Gasteiger partial charge < -0.3 is 14.9 Å². The van der Waals surface area contributed by atoms with Gasteiger partial charge in [-0.3, -0.25) is 0 Å². The molecule has 4 aromatic rings. The number of phenolic OH excluding ortho intramolecular Hbond substituents is 2. The molecule has 7 heteroatoms. The number of aromatic nitrogens is 3. The average Bonchev–Trinajstić information content (AvgIpc) is 2.87. The van der Waals surface area contributed by atoms with E-state index >= 15 is 0 Å². The second-order valence-corrected chi connectivity index (χ2v) is 6.91. The fourth-order valence-corrected chi connectivity index (χ4v) is 3.05. The number of aromatic hydroxyl groups is 2. The van der Waals surface area contributed by atoms with E-state index < -0.39 is 5.97 Å². The van der Waals surface area contributed by atoms with Crippen molar-refractivity contribution in [2.75, 3.05) is 0 Å². The molecule has 4 rings (SSSR count). The molecule has 0 unspecified atom stereocenters. The Bertz CT molecular complexity index is 1430. The number of nitrogens with zero attached hydrogens (tertiary/aromatic N) is 3. The number of carbonyl (C=O) groups excluding carboxylic acids is 1. The Kier molecular flexibility index (Phi) is 6.48. The van der Waals surface area contributed by atoms with Crippen molar-refractivity contribution < 1.29 is 19.7 Å². The summed E-state index contributed by atoms with van der Waals surface area (Å²) in [6, 6.07) is 19.8. The van der Waals surface area contributed by atoms with Gasteiger partial charge in [0, 0.05) is 11.5 Å². The first kappa shape index (κ1) is 22.1. The monoisotopic (exact) mass is 447 g/mol. The lowest BCUT2D eigenvalue weighted by Gasteiger charge is -2.10. The number of para-hydroxylation sites is 2. The zero-order chi connectivity index (χ0) is 23.9. The van der Waals surface area contributed by atoms with Gasteiger partial charge in [0.1, 0.15) is 17.6 Å². The van der Waals surface area contributed by atoms with E-state index in [-0.39, 0.29) is 23.1 Å². The molecular weight excluding hydrogens is 430 g/mol. The van der Waals surface area contributed by atoms with Crippen molar-refractivity contribution in [1.82, 2.24) is 15.0 Å². The summed E-state index contributed by atoms with van der Waals surface area (Å²) in [6.45, 7) is 1.63. The maximum Gasteiger partial charge on any atom is 0.352 e. The minimum atomic E-state index is -0.614. The van der Waals surface area contributed by atoms with Gasteiger partial charge in [-0.2, -0.15) is 0 Å². The first-order chi connectivity index (χ1) is 16.6. The molecule has 0 aliphatic heterocycles. The van der Waals surface area contributed by atoms with E-state index in [0.29, 0.717) is 28.1 Å². The van der Waals surface area contributed by atoms with Crippen LogP contribution in [0.4, 0.5) is 0 Å². The standard InChI is InChI=1S/C27H17N3O4/c1-2-3-8-17-34-27(33)19-15-13-18(14-16-19)24-28-25(20-9-4-6-11-22(20)31)30-26(29-24)21-10-5-7-12-23(21)32/h4-7,9-16,31-32H,1H3. The van der Waals surface area contributed by atoms with E-state index in [9.17, 15) is 15.0 Å². The molecule has 0 saturated carbocycles. The molecule has 7 nitrogen and oxygen atoms in total. The fraction of sp³-hybridized carbons (Fsp3) is 0.0370. The molecule has 0 aliphatic rings. The van der Waals surface area contributed by atoms with Gasteiger partial charge in [0.15, 0.2) is 17.5 Å². The van der Waals surface area contributed by atoms with Crippen LogP contribution in [-0.2, 0) is 4.74 Å². The number of ether oxygens (including phenoxy) is 1. The lowest BCUT2D eigenvalue weighted by molar-refractivity contribution is 0.0690. The van der Waals surface area contributed by atoms with Crippen molar-refractivity contribution in [3.05, 3.63) is 78.4 Å². The van der Waals surface area contributed by atoms with Crippen molar-refractivity contribution in [1.29, 1.82) is 0 Å². The molecule has 0 saturated heterocycles. The smallest absolute Gasteiger partial charge is 0.352 e. The number of hydrogen-bond donors (Lipinski definition) is 2. The third-order valence-corrected chi connectivity index (χ3v) is 4.69. The quantitative estimate of drug-likeness (QED) is 0.352. The topological polar surface area (TPSA) is 105 Å². The maximum atomic E-state index is 12.1. The van der Waals surface area contributed by atoms with Gasteiger partial charge in [-0.15, -0.1) is 0 Å². The van der Waals surface area contributed by atoms with Crippen LogP contribution in [0.15, 0.2) is 72.8 Å². The molecular formula is C27H17N3O4. The normalized spacial score (nSPS) is 9.79. The summed E-state index contributed by atoms with van der Waals surface area (Å²) >= 11 is 0. The number of phenols is 2. The van der Waals surface area contributed by atoms with Crippen molar-refractivity contribution >= 4 is 5.97 Å². The minimum Gasteiger partial charge on any atom is -0.507 e. The van der Waals surface area contributed by atoms with Gasteiger partial charge in [0.2, 0.25) is 0 Å². The number of rotatable bonds is 4. The van der Waals surface area contributed by atoms with Crippen LogP contribution in [0.25, 0.3) is 34.2 Å². The number of carbonyl (C=O) groups is 1. The number of benzene rings is 3. The van der Waals surface area contributed by atoms with Gasteiger partial charge >= 0.3 is 5.97 Å². The molecule has 34 heavy (non-hydrogen) atoms. The molecule has 1 heterocycles. The molecule has 0 spiro atoms. The van der Waals surface area contributed by atoms with E-state index in [1.807, 2.05) is 0 Å². The zero-order valence-corrected chi connectivity index (χ0v) is 18.0. The Labute approximate surface area is 195 Å². The summed E-state index contributed by atoms with van der Waals surface area (Å²) < 4.78 is 4.86. The van der Waals surface area contributed by atoms with Crippen LogP contribution in [0, 0.1) is 23.9 Å². The van der Waals surface area contributed by atoms with Crippen LogP contribution < -0.4 is 0 Å². The van der Waals surface area contributed by atoms with E-state index in [2.05, 4.69) is 38.8 Å². The molecule has 0 fully saturated rings. The van der Waals surface area contributed by atoms with Crippen LogP contribution in [0.5, 0.6) is 11.5 Å². The van der Waals surface area contributed by atoms with Gasteiger partial charge in [-0.25, -0.2) is 19.7 Å². The van der Waals surface area contributed by atoms with E-state index in [4.69, 9.17) is 4.74 Å². The molecule has 164 valence electrons. The van der Waals surface area contributed by atoms with Gasteiger partial charge in [0.05, 0.1) is 16.7 Å². The highest BCUT2D eigenvalue weighted by molar-refractivity contribution is 5.90. The number of esters is 1. The van der Waals surface area contributed by atoms with Gasteiger partial charge in [-0.1, -0.05) is 42.3 Å². The van der Waals surface area contributed by atoms with Crippen LogP contribution in [0.2, 0.25) is 0 Å². The Morgan fingerprint density at radius 2 is 1.26 bits per heavy atom. The van der Waals surface area contributed by atoms with Gasteiger partial charge in [-0.05, 0) is 49.2 Å². The summed E-state index contributed by atoms with van der Waals surface area (Å²) in [5.41, 5.74) is 1.71. The average molecular weight is 447 g/mol. The Hall–Kier alpha value is -5.14. The predicted molar refractivity (Wildman–Crippen MR) is 126 cm³/mol. The number of hydrogen-bond acceptors (Lipinski definition) is 7. The van der Waals surface area contributed by atoms with E-state index in [0.717, 1.165) is 0 Å². The predicted octanol–water partition coefficient (Wildman–Crippen LogP) is 4.42. The highest BCUT2D eigenvalue weighted by atomic mass is 16.5. The highest BCUT2D eigenvalue weighted by Crippen LogP contribution is 2.32. The largest absolute Gasteiger partial charge is 0.507 e. The first-order valence-electron chi connectivity index (χ1n) is 10.1. The van der Waals surface area contributed by atoms with Crippen molar-refractivity contribution in [2.45, 2.75) is 6.92 Å². The Balaban J connectivity index is 1.76. The van der Waals surface area contributed by atoms with Crippen molar-refractivity contribution in [3.8, 4) is 69.5 Å². The molecule has 1 aromatic heterocycles.